The third-order valence-corrected chi connectivity index (χ3v) is 2.20. The maximum atomic E-state index is 11.5. The summed E-state index contributed by atoms with van der Waals surface area (Å²) < 4.78 is 5.03. The van der Waals surface area contributed by atoms with Gasteiger partial charge in [-0.3, -0.25) is 9.59 Å². The third-order valence-electron chi connectivity index (χ3n) is 2.20. The van der Waals surface area contributed by atoms with Gasteiger partial charge in [-0.25, -0.2) is 0 Å². The van der Waals surface area contributed by atoms with Crippen molar-refractivity contribution >= 4 is 17.8 Å². The van der Waals surface area contributed by atoms with E-state index in [4.69, 9.17) is 4.42 Å². The monoisotopic (exact) mass is 235 g/mol. The van der Waals surface area contributed by atoms with Crippen molar-refractivity contribution in [3.8, 4) is 0 Å². The number of ketones is 1. The molecular formula is C13H17NO3. The Morgan fingerprint density at radius 1 is 1.41 bits per heavy atom. The van der Waals surface area contributed by atoms with Crippen LogP contribution in [0.4, 0.5) is 0 Å². The number of carbonyl (C=O) groups is 2. The highest BCUT2D eigenvalue weighted by Crippen LogP contribution is 2.13. The van der Waals surface area contributed by atoms with Crippen molar-refractivity contribution in [3.63, 3.8) is 0 Å². The molecule has 4 heteroatoms. The van der Waals surface area contributed by atoms with Gasteiger partial charge in [-0.1, -0.05) is 20.8 Å². The van der Waals surface area contributed by atoms with Crippen LogP contribution in [-0.4, -0.2) is 18.2 Å². The second kappa shape index (κ2) is 5.48. The van der Waals surface area contributed by atoms with Gasteiger partial charge in [0.1, 0.15) is 5.76 Å². The van der Waals surface area contributed by atoms with Gasteiger partial charge in [-0.05, 0) is 18.2 Å². The first-order valence-corrected chi connectivity index (χ1v) is 5.42. The van der Waals surface area contributed by atoms with E-state index in [-0.39, 0.29) is 18.2 Å². The van der Waals surface area contributed by atoms with E-state index >= 15 is 0 Å². The Hall–Kier alpha value is -1.84. The average Bonchev–Trinajstić information content (AvgIpc) is 2.74. The first-order chi connectivity index (χ1) is 7.89. The minimum absolute atomic E-state index is 0.00255. The molecule has 0 fully saturated rings. The Morgan fingerprint density at radius 3 is 2.65 bits per heavy atom. The number of Topliss-reactive ketones (excluding diaryl/α,β-unsaturated/α-hetero) is 1. The SMILES string of the molecule is CC(C)(C)C(=O)CNC(=O)/C=C/c1ccco1. The van der Waals surface area contributed by atoms with E-state index in [1.54, 1.807) is 18.2 Å². The second-order valence-corrected chi connectivity index (χ2v) is 4.74. The van der Waals surface area contributed by atoms with Crippen LogP contribution in [0.25, 0.3) is 6.08 Å². The number of amides is 1. The molecule has 1 amide bonds. The zero-order valence-electron chi connectivity index (χ0n) is 10.3. The Balaban J connectivity index is 2.39. The van der Waals surface area contributed by atoms with Gasteiger partial charge in [-0.15, -0.1) is 0 Å². The summed E-state index contributed by atoms with van der Waals surface area (Å²) in [6.45, 7) is 5.51. The molecule has 0 bridgehead atoms. The quantitative estimate of drug-likeness (QED) is 0.812. The highest BCUT2D eigenvalue weighted by Gasteiger charge is 2.20. The van der Waals surface area contributed by atoms with Crippen LogP contribution in [0.5, 0.6) is 0 Å². The molecule has 0 unspecified atom stereocenters. The second-order valence-electron chi connectivity index (χ2n) is 4.74. The highest BCUT2D eigenvalue weighted by atomic mass is 16.3. The van der Waals surface area contributed by atoms with Crippen molar-refractivity contribution in [3.05, 3.63) is 30.2 Å². The van der Waals surface area contributed by atoms with Crippen molar-refractivity contribution in [2.24, 2.45) is 5.41 Å². The van der Waals surface area contributed by atoms with Gasteiger partial charge >= 0.3 is 0 Å². The van der Waals surface area contributed by atoms with Gasteiger partial charge in [-0.2, -0.15) is 0 Å². The lowest BCUT2D eigenvalue weighted by atomic mass is 9.91. The van der Waals surface area contributed by atoms with Gasteiger partial charge in [0.15, 0.2) is 5.78 Å². The fourth-order valence-electron chi connectivity index (χ4n) is 1.04. The average molecular weight is 235 g/mol. The molecule has 4 nitrogen and oxygen atoms in total. The van der Waals surface area contributed by atoms with E-state index < -0.39 is 5.41 Å². The summed E-state index contributed by atoms with van der Waals surface area (Å²) in [5.41, 5.74) is -0.433. The van der Waals surface area contributed by atoms with E-state index in [0.717, 1.165) is 0 Å². The molecule has 0 aromatic carbocycles. The van der Waals surface area contributed by atoms with Gasteiger partial charge in [0, 0.05) is 11.5 Å². The van der Waals surface area contributed by atoms with Gasteiger partial charge in [0.05, 0.1) is 12.8 Å². The van der Waals surface area contributed by atoms with Gasteiger partial charge < -0.3 is 9.73 Å². The highest BCUT2D eigenvalue weighted by molar-refractivity contribution is 5.95. The van der Waals surface area contributed by atoms with Crippen molar-refractivity contribution < 1.29 is 14.0 Å². The Bertz CT molecular complexity index is 410. The van der Waals surface area contributed by atoms with E-state index in [1.165, 1.54) is 12.3 Å². The topological polar surface area (TPSA) is 59.3 Å². The van der Waals surface area contributed by atoms with Crippen molar-refractivity contribution in [1.82, 2.24) is 5.32 Å². The zero-order valence-corrected chi connectivity index (χ0v) is 10.3. The molecule has 0 saturated carbocycles. The fraction of sp³-hybridized carbons (Fsp3) is 0.385. The molecule has 0 atom stereocenters. The molecule has 0 aliphatic heterocycles. The molecule has 1 N–H and O–H groups in total. The summed E-state index contributed by atoms with van der Waals surface area (Å²) in [4.78, 5) is 22.9. The van der Waals surface area contributed by atoms with Crippen LogP contribution >= 0.6 is 0 Å². The number of hydrogen-bond donors (Lipinski definition) is 1. The number of nitrogens with one attached hydrogen (secondary N) is 1. The molecule has 0 aliphatic carbocycles. The summed E-state index contributed by atoms with van der Waals surface area (Å²) in [5.74, 6) is 0.290. The molecule has 0 saturated heterocycles. The van der Waals surface area contributed by atoms with Gasteiger partial charge in [0.2, 0.25) is 5.91 Å². The Morgan fingerprint density at radius 2 is 2.12 bits per heavy atom. The lowest BCUT2D eigenvalue weighted by Gasteiger charge is -2.16. The molecule has 92 valence electrons. The van der Waals surface area contributed by atoms with E-state index in [1.807, 2.05) is 20.8 Å². The first kappa shape index (κ1) is 13.2. The van der Waals surface area contributed by atoms with E-state index in [2.05, 4.69) is 5.32 Å². The molecule has 17 heavy (non-hydrogen) atoms. The van der Waals surface area contributed by atoms with Crippen molar-refractivity contribution in [2.45, 2.75) is 20.8 Å². The summed E-state index contributed by atoms with van der Waals surface area (Å²) in [5, 5.41) is 2.53. The number of carbonyl (C=O) groups excluding carboxylic acids is 2. The normalized spacial score (nSPS) is 11.7. The third kappa shape index (κ3) is 4.68. The maximum absolute atomic E-state index is 11.5. The molecule has 0 spiro atoms. The number of hydrogen-bond acceptors (Lipinski definition) is 3. The molecular weight excluding hydrogens is 218 g/mol. The van der Waals surface area contributed by atoms with Crippen LogP contribution in [0.2, 0.25) is 0 Å². The molecule has 1 rings (SSSR count). The van der Waals surface area contributed by atoms with Crippen LogP contribution in [-0.2, 0) is 9.59 Å². The standard InChI is InChI=1S/C13H17NO3/c1-13(2,3)11(15)9-14-12(16)7-6-10-5-4-8-17-10/h4-8H,9H2,1-3H3,(H,14,16)/b7-6+. The maximum Gasteiger partial charge on any atom is 0.244 e. The molecule has 1 heterocycles. The molecule has 1 aromatic rings. The van der Waals surface area contributed by atoms with Crippen LogP contribution in [0.3, 0.4) is 0 Å². The zero-order chi connectivity index (χ0) is 12.9. The fourth-order valence-corrected chi connectivity index (χ4v) is 1.04. The lowest BCUT2D eigenvalue weighted by molar-refractivity contribution is -0.127. The summed E-state index contributed by atoms with van der Waals surface area (Å²) in [6.07, 6.45) is 4.42. The number of furan rings is 1. The number of rotatable bonds is 4. The lowest BCUT2D eigenvalue weighted by Crippen LogP contribution is -2.34. The summed E-state index contributed by atoms with van der Waals surface area (Å²) in [7, 11) is 0. The van der Waals surface area contributed by atoms with E-state index in [9.17, 15) is 9.59 Å². The Kier molecular flexibility index (Phi) is 4.26. The molecule has 1 aromatic heterocycles. The van der Waals surface area contributed by atoms with Crippen LogP contribution < -0.4 is 5.32 Å². The minimum Gasteiger partial charge on any atom is -0.465 e. The summed E-state index contributed by atoms with van der Waals surface area (Å²) >= 11 is 0. The van der Waals surface area contributed by atoms with Crippen molar-refractivity contribution in [2.75, 3.05) is 6.54 Å². The molecule has 0 aliphatic rings. The predicted octanol–water partition coefficient (Wildman–Crippen LogP) is 2.02. The Labute approximate surface area is 101 Å². The predicted molar refractivity (Wildman–Crippen MR) is 65.2 cm³/mol. The van der Waals surface area contributed by atoms with Crippen LogP contribution in [0.1, 0.15) is 26.5 Å². The minimum atomic E-state index is -0.433. The first-order valence-electron chi connectivity index (χ1n) is 5.42. The smallest absolute Gasteiger partial charge is 0.244 e. The van der Waals surface area contributed by atoms with E-state index in [0.29, 0.717) is 5.76 Å². The summed E-state index contributed by atoms with van der Waals surface area (Å²) in [6, 6.07) is 3.48. The van der Waals surface area contributed by atoms with Crippen LogP contribution in [0.15, 0.2) is 28.9 Å². The van der Waals surface area contributed by atoms with Crippen LogP contribution in [0, 0.1) is 5.41 Å². The largest absolute Gasteiger partial charge is 0.465 e. The molecule has 0 radical (unpaired) electrons. The van der Waals surface area contributed by atoms with Crippen molar-refractivity contribution in [1.29, 1.82) is 0 Å². The van der Waals surface area contributed by atoms with Gasteiger partial charge in [0.25, 0.3) is 0 Å².